The highest BCUT2D eigenvalue weighted by Crippen LogP contribution is 2.24. The Morgan fingerprint density at radius 2 is 1.95 bits per heavy atom. The summed E-state index contributed by atoms with van der Waals surface area (Å²) in [4.78, 5) is 4.34. The van der Waals surface area contributed by atoms with Crippen LogP contribution in [-0.4, -0.2) is 10.7 Å². The van der Waals surface area contributed by atoms with Crippen molar-refractivity contribution in [3.8, 4) is 0 Å². The first-order valence-electron chi connectivity index (χ1n) is 7.20. The van der Waals surface area contributed by atoms with E-state index in [9.17, 15) is 0 Å². The third-order valence-electron chi connectivity index (χ3n) is 3.46. The van der Waals surface area contributed by atoms with E-state index in [1.165, 1.54) is 0 Å². The number of rotatable bonds is 4. The number of anilines is 1. The van der Waals surface area contributed by atoms with E-state index in [1.807, 2.05) is 42.5 Å². The van der Waals surface area contributed by atoms with Gasteiger partial charge in [0, 0.05) is 16.6 Å². The van der Waals surface area contributed by atoms with Gasteiger partial charge >= 0.3 is 0 Å². The SMILES string of the molecule is CC/C(=N\Nc1ccnc2cc(Cl)ccc12)c1ccccc1. The van der Waals surface area contributed by atoms with Gasteiger partial charge in [0.15, 0.2) is 0 Å². The number of pyridine rings is 1. The Balaban J connectivity index is 1.94. The summed E-state index contributed by atoms with van der Waals surface area (Å²) in [6.07, 6.45) is 2.61. The fourth-order valence-electron chi connectivity index (χ4n) is 2.32. The molecule has 1 N–H and O–H groups in total. The second-order valence-corrected chi connectivity index (χ2v) is 5.35. The van der Waals surface area contributed by atoms with Gasteiger partial charge in [-0.2, -0.15) is 5.10 Å². The molecule has 0 radical (unpaired) electrons. The van der Waals surface area contributed by atoms with E-state index in [2.05, 4.69) is 34.6 Å². The summed E-state index contributed by atoms with van der Waals surface area (Å²) >= 11 is 6.01. The van der Waals surface area contributed by atoms with Crippen LogP contribution in [-0.2, 0) is 0 Å². The minimum absolute atomic E-state index is 0.680. The highest BCUT2D eigenvalue weighted by molar-refractivity contribution is 6.31. The van der Waals surface area contributed by atoms with E-state index >= 15 is 0 Å². The summed E-state index contributed by atoms with van der Waals surface area (Å²) in [5.74, 6) is 0. The predicted molar refractivity (Wildman–Crippen MR) is 93.6 cm³/mol. The molecule has 0 fully saturated rings. The van der Waals surface area contributed by atoms with Gasteiger partial charge in [0.1, 0.15) is 0 Å². The minimum Gasteiger partial charge on any atom is -0.277 e. The lowest BCUT2D eigenvalue weighted by atomic mass is 10.1. The number of benzene rings is 2. The van der Waals surface area contributed by atoms with Gasteiger partial charge in [0.25, 0.3) is 0 Å². The van der Waals surface area contributed by atoms with Gasteiger partial charge in [-0.25, -0.2) is 0 Å². The van der Waals surface area contributed by atoms with Crippen molar-refractivity contribution in [1.82, 2.24) is 4.98 Å². The number of halogens is 1. The van der Waals surface area contributed by atoms with Gasteiger partial charge < -0.3 is 0 Å². The van der Waals surface area contributed by atoms with E-state index in [1.54, 1.807) is 6.20 Å². The lowest BCUT2D eigenvalue weighted by molar-refractivity contribution is 1.22. The number of nitrogens with one attached hydrogen (secondary N) is 1. The zero-order valence-electron chi connectivity index (χ0n) is 12.3. The molecule has 110 valence electrons. The molecular formula is C18H16ClN3. The fourth-order valence-corrected chi connectivity index (χ4v) is 2.49. The van der Waals surface area contributed by atoms with Crippen molar-refractivity contribution in [2.75, 3.05) is 5.43 Å². The van der Waals surface area contributed by atoms with Crippen molar-refractivity contribution in [3.63, 3.8) is 0 Å². The molecule has 0 aliphatic heterocycles. The third kappa shape index (κ3) is 3.10. The lowest BCUT2D eigenvalue weighted by Crippen LogP contribution is -2.03. The van der Waals surface area contributed by atoms with Crippen molar-refractivity contribution in [3.05, 3.63) is 71.4 Å². The first-order chi connectivity index (χ1) is 10.8. The molecule has 1 aromatic heterocycles. The first kappa shape index (κ1) is 14.5. The highest BCUT2D eigenvalue weighted by atomic mass is 35.5. The Bertz CT molecular complexity index is 813. The Morgan fingerprint density at radius 1 is 1.14 bits per heavy atom. The van der Waals surface area contributed by atoms with Crippen molar-refractivity contribution in [2.24, 2.45) is 5.10 Å². The average Bonchev–Trinajstić information content (AvgIpc) is 2.56. The molecule has 4 heteroatoms. The fraction of sp³-hybridized carbons (Fsp3) is 0.111. The van der Waals surface area contributed by atoms with Crippen LogP contribution in [0.2, 0.25) is 5.02 Å². The first-order valence-corrected chi connectivity index (χ1v) is 7.58. The lowest BCUT2D eigenvalue weighted by Gasteiger charge is -2.08. The number of hydrogen-bond acceptors (Lipinski definition) is 3. The normalized spacial score (nSPS) is 11.6. The van der Waals surface area contributed by atoms with Crippen LogP contribution < -0.4 is 5.43 Å². The third-order valence-corrected chi connectivity index (χ3v) is 3.69. The molecule has 0 saturated carbocycles. The quantitative estimate of drug-likeness (QED) is 0.537. The zero-order chi connectivity index (χ0) is 15.4. The van der Waals surface area contributed by atoms with Crippen LogP contribution in [0.25, 0.3) is 10.9 Å². The van der Waals surface area contributed by atoms with Gasteiger partial charge in [0.05, 0.1) is 16.9 Å². The Kier molecular flexibility index (Phi) is 4.35. The smallest absolute Gasteiger partial charge is 0.0738 e. The van der Waals surface area contributed by atoms with Gasteiger partial charge in [-0.3, -0.25) is 10.4 Å². The van der Waals surface area contributed by atoms with E-state index in [0.29, 0.717) is 5.02 Å². The van der Waals surface area contributed by atoms with Crippen molar-refractivity contribution in [1.29, 1.82) is 0 Å². The van der Waals surface area contributed by atoms with E-state index in [0.717, 1.165) is 34.3 Å². The second kappa shape index (κ2) is 6.58. The van der Waals surface area contributed by atoms with E-state index in [-0.39, 0.29) is 0 Å². The summed E-state index contributed by atoms with van der Waals surface area (Å²) in [6.45, 7) is 2.10. The molecule has 3 aromatic rings. The maximum atomic E-state index is 6.01. The molecule has 0 atom stereocenters. The van der Waals surface area contributed by atoms with Crippen molar-refractivity contribution >= 4 is 33.9 Å². The molecule has 0 aliphatic rings. The summed E-state index contributed by atoms with van der Waals surface area (Å²) in [5.41, 5.74) is 7.07. The van der Waals surface area contributed by atoms with Crippen LogP contribution in [0.5, 0.6) is 0 Å². The molecule has 1 heterocycles. The number of hydrogen-bond donors (Lipinski definition) is 1. The van der Waals surface area contributed by atoms with Crippen LogP contribution >= 0.6 is 11.6 Å². The molecule has 0 aliphatic carbocycles. The monoisotopic (exact) mass is 309 g/mol. The van der Waals surface area contributed by atoms with E-state index < -0.39 is 0 Å². The van der Waals surface area contributed by atoms with Crippen LogP contribution in [0.1, 0.15) is 18.9 Å². The summed E-state index contributed by atoms with van der Waals surface area (Å²) in [6, 6.07) is 17.7. The second-order valence-electron chi connectivity index (χ2n) is 4.91. The number of fused-ring (bicyclic) bond motifs is 1. The van der Waals surface area contributed by atoms with Crippen LogP contribution in [0.15, 0.2) is 65.9 Å². The standard InChI is InChI=1S/C18H16ClN3/c1-2-16(13-6-4-3-5-7-13)21-22-17-10-11-20-18-12-14(19)8-9-15(17)18/h3-12H,2H2,1H3,(H,20,22)/b21-16+. The molecule has 0 unspecified atom stereocenters. The minimum atomic E-state index is 0.680. The molecule has 2 aromatic carbocycles. The molecule has 22 heavy (non-hydrogen) atoms. The topological polar surface area (TPSA) is 37.3 Å². The predicted octanol–water partition coefficient (Wildman–Crippen LogP) is 5.11. The van der Waals surface area contributed by atoms with Gasteiger partial charge in [-0.1, -0.05) is 48.9 Å². The zero-order valence-corrected chi connectivity index (χ0v) is 13.0. The van der Waals surface area contributed by atoms with Gasteiger partial charge in [0.2, 0.25) is 0 Å². The maximum absolute atomic E-state index is 6.01. The Labute approximate surface area is 134 Å². The molecule has 0 spiro atoms. The van der Waals surface area contributed by atoms with E-state index in [4.69, 9.17) is 11.6 Å². The van der Waals surface area contributed by atoms with Gasteiger partial charge in [-0.15, -0.1) is 0 Å². The largest absolute Gasteiger partial charge is 0.277 e. The molecule has 0 bridgehead atoms. The van der Waals surface area contributed by atoms with Crippen molar-refractivity contribution < 1.29 is 0 Å². The Hall–Kier alpha value is -2.39. The van der Waals surface area contributed by atoms with Gasteiger partial charge in [-0.05, 0) is 36.2 Å². The average molecular weight is 310 g/mol. The molecule has 3 rings (SSSR count). The molecule has 3 nitrogen and oxygen atoms in total. The van der Waals surface area contributed by atoms with Crippen molar-refractivity contribution in [2.45, 2.75) is 13.3 Å². The van der Waals surface area contributed by atoms with Crippen LogP contribution in [0.3, 0.4) is 0 Å². The van der Waals surface area contributed by atoms with Crippen LogP contribution in [0.4, 0.5) is 5.69 Å². The summed E-state index contributed by atoms with van der Waals surface area (Å²) in [7, 11) is 0. The summed E-state index contributed by atoms with van der Waals surface area (Å²) in [5, 5.41) is 6.24. The molecule has 0 amide bonds. The molecular weight excluding hydrogens is 294 g/mol. The maximum Gasteiger partial charge on any atom is 0.0738 e. The number of nitrogens with zero attached hydrogens (tertiary/aromatic N) is 2. The number of hydrazone groups is 1. The van der Waals surface area contributed by atoms with Crippen LogP contribution in [0, 0.1) is 0 Å². The Morgan fingerprint density at radius 3 is 2.73 bits per heavy atom. The molecule has 0 saturated heterocycles. The number of aromatic nitrogens is 1. The highest BCUT2D eigenvalue weighted by Gasteiger charge is 2.04. The summed E-state index contributed by atoms with van der Waals surface area (Å²) < 4.78 is 0.